The number of nitrogens with zero attached hydrogens (tertiary/aromatic N) is 1. The van der Waals surface area contributed by atoms with Gasteiger partial charge in [0.15, 0.2) is 5.13 Å². The molecular weight excluding hydrogens is 262 g/mol. The molecule has 0 aliphatic heterocycles. The zero-order valence-electron chi connectivity index (χ0n) is 7.87. The maximum Gasteiger partial charge on any atom is 0.183 e. The van der Waals surface area contributed by atoms with Gasteiger partial charge in [-0.1, -0.05) is 0 Å². The lowest BCUT2D eigenvalue weighted by Crippen LogP contribution is -2.32. The van der Waals surface area contributed by atoms with Crippen molar-refractivity contribution in [3.63, 3.8) is 0 Å². The van der Waals surface area contributed by atoms with Crippen molar-refractivity contribution in [2.24, 2.45) is 5.73 Å². The SMILES string of the molecule is NC1CCC(Nc2nc(Br)cs2)CC1. The highest BCUT2D eigenvalue weighted by Crippen LogP contribution is 2.24. The van der Waals surface area contributed by atoms with Crippen LogP contribution in [-0.4, -0.2) is 17.1 Å². The van der Waals surface area contributed by atoms with Crippen LogP contribution >= 0.6 is 27.3 Å². The summed E-state index contributed by atoms with van der Waals surface area (Å²) < 4.78 is 0.914. The lowest BCUT2D eigenvalue weighted by atomic mass is 9.92. The van der Waals surface area contributed by atoms with Crippen LogP contribution in [-0.2, 0) is 0 Å². The molecule has 1 saturated carbocycles. The normalized spacial score (nSPS) is 27.6. The third-order valence-electron chi connectivity index (χ3n) is 2.58. The van der Waals surface area contributed by atoms with Gasteiger partial charge in [0.2, 0.25) is 0 Å². The summed E-state index contributed by atoms with van der Waals surface area (Å²) in [6.45, 7) is 0. The smallest absolute Gasteiger partial charge is 0.183 e. The molecule has 0 aromatic carbocycles. The van der Waals surface area contributed by atoms with Crippen molar-refractivity contribution in [2.75, 3.05) is 5.32 Å². The number of hydrogen-bond acceptors (Lipinski definition) is 4. The van der Waals surface area contributed by atoms with Crippen LogP contribution in [0.5, 0.6) is 0 Å². The molecule has 1 aliphatic carbocycles. The fourth-order valence-electron chi connectivity index (χ4n) is 1.76. The predicted octanol–water partition coefficient (Wildman–Crippen LogP) is 2.59. The zero-order chi connectivity index (χ0) is 9.97. The second kappa shape index (κ2) is 4.59. The molecule has 14 heavy (non-hydrogen) atoms. The highest BCUT2D eigenvalue weighted by molar-refractivity contribution is 9.10. The summed E-state index contributed by atoms with van der Waals surface area (Å²) in [4.78, 5) is 4.32. The number of anilines is 1. The summed E-state index contributed by atoms with van der Waals surface area (Å²) in [6, 6.07) is 0.976. The van der Waals surface area contributed by atoms with Crippen molar-refractivity contribution < 1.29 is 0 Å². The highest BCUT2D eigenvalue weighted by Gasteiger charge is 2.18. The van der Waals surface area contributed by atoms with Crippen molar-refractivity contribution in [1.82, 2.24) is 4.98 Å². The molecule has 0 saturated heterocycles. The lowest BCUT2D eigenvalue weighted by Gasteiger charge is -2.26. The number of hydrogen-bond donors (Lipinski definition) is 2. The van der Waals surface area contributed by atoms with Crippen LogP contribution in [0.15, 0.2) is 9.98 Å². The molecule has 0 radical (unpaired) electrons. The van der Waals surface area contributed by atoms with Crippen LogP contribution in [0.3, 0.4) is 0 Å². The average molecular weight is 276 g/mol. The first-order chi connectivity index (χ1) is 6.74. The van der Waals surface area contributed by atoms with E-state index in [2.05, 4.69) is 26.2 Å². The molecule has 3 N–H and O–H groups in total. The molecule has 2 rings (SSSR count). The molecule has 0 unspecified atom stereocenters. The number of nitrogens with one attached hydrogen (secondary N) is 1. The molecule has 0 amide bonds. The van der Waals surface area contributed by atoms with Gasteiger partial charge in [-0.2, -0.15) is 0 Å². The van der Waals surface area contributed by atoms with Crippen LogP contribution in [0.2, 0.25) is 0 Å². The van der Waals surface area contributed by atoms with Gasteiger partial charge in [-0.15, -0.1) is 11.3 Å². The largest absolute Gasteiger partial charge is 0.359 e. The first-order valence-corrected chi connectivity index (χ1v) is 6.54. The lowest BCUT2D eigenvalue weighted by molar-refractivity contribution is 0.411. The number of aromatic nitrogens is 1. The first kappa shape index (κ1) is 10.4. The van der Waals surface area contributed by atoms with E-state index in [1.165, 1.54) is 12.8 Å². The number of nitrogens with two attached hydrogens (primary N) is 1. The second-order valence-corrected chi connectivity index (χ2v) is 5.40. The average Bonchev–Trinajstić information content (AvgIpc) is 2.56. The fraction of sp³-hybridized carbons (Fsp3) is 0.667. The highest BCUT2D eigenvalue weighted by atomic mass is 79.9. The van der Waals surface area contributed by atoms with E-state index < -0.39 is 0 Å². The van der Waals surface area contributed by atoms with E-state index in [0.29, 0.717) is 12.1 Å². The Labute approximate surface area is 96.2 Å². The summed E-state index contributed by atoms with van der Waals surface area (Å²) in [6.07, 6.45) is 4.59. The minimum absolute atomic E-state index is 0.413. The van der Waals surface area contributed by atoms with Gasteiger partial charge in [-0.3, -0.25) is 0 Å². The Bertz CT molecular complexity index is 294. The maximum atomic E-state index is 5.85. The summed E-state index contributed by atoms with van der Waals surface area (Å²) in [7, 11) is 0. The summed E-state index contributed by atoms with van der Waals surface area (Å²) in [5, 5.41) is 6.45. The standard InChI is InChI=1S/C9H14BrN3S/c10-8-5-14-9(13-8)12-7-3-1-6(11)2-4-7/h5-7H,1-4,11H2,(H,12,13). The number of halogens is 1. The maximum absolute atomic E-state index is 5.85. The van der Waals surface area contributed by atoms with Crippen LogP contribution in [0.4, 0.5) is 5.13 Å². The molecule has 1 aliphatic rings. The summed E-state index contributed by atoms with van der Waals surface area (Å²) in [5.74, 6) is 0. The molecule has 0 bridgehead atoms. The van der Waals surface area contributed by atoms with E-state index in [1.54, 1.807) is 11.3 Å². The van der Waals surface area contributed by atoms with Crippen molar-refractivity contribution in [1.29, 1.82) is 0 Å². The molecular formula is C9H14BrN3S. The van der Waals surface area contributed by atoms with E-state index in [-0.39, 0.29) is 0 Å². The van der Waals surface area contributed by atoms with Crippen LogP contribution in [0.1, 0.15) is 25.7 Å². The molecule has 1 heterocycles. The van der Waals surface area contributed by atoms with Gasteiger partial charge < -0.3 is 11.1 Å². The van der Waals surface area contributed by atoms with Crippen LogP contribution in [0.25, 0.3) is 0 Å². The van der Waals surface area contributed by atoms with E-state index in [9.17, 15) is 0 Å². The predicted molar refractivity (Wildman–Crippen MR) is 63.7 cm³/mol. The Morgan fingerprint density at radius 3 is 2.71 bits per heavy atom. The van der Waals surface area contributed by atoms with Crippen molar-refractivity contribution in [3.8, 4) is 0 Å². The summed E-state index contributed by atoms with van der Waals surface area (Å²) >= 11 is 4.99. The molecule has 3 nitrogen and oxygen atoms in total. The Morgan fingerprint density at radius 1 is 1.43 bits per heavy atom. The quantitative estimate of drug-likeness (QED) is 0.873. The van der Waals surface area contributed by atoms with Crippen LogP contribution in [0, 0.1) is 0 Å². The van der Waals surface area contributed by atoms with Gasteiger partial charge in [0, 0.05) is 17.5 Å². The second-order valence-electron chi connectivity index (χ2n) is 3.73. The zero-order valence-corrected chi connectivity index (χ0v) is 10.3. The Balaban J connectivity index is 1.86. The molecule has 1 aromatic heterocycles. The minimum Gasteiger partial charge on any atom is -0.359 e. The van der Waals surface area contributed by atoms with E-state index in [1.807, 2.05) is 5.38 Å². The molecule has 1 fully saturated rings. The minimum atomic E-state index is 0.413. The van der Waals surface area contributed by atoms with Gasteiger partial charge in [0.25, 0.3) is 0 Å². The molecule has 0 atom stereocenters. The Kier molecular flexibility index (Phi) is 3.41. The van der Waals surface area contributed by atoms with Crippen molar-refractivity contribution >= 4 is 32.4 Å². The number of thiazole rings is 1. The van der Waals surface area contributed by atoms with Crippen molar-refractivity contribution in [3.05, 3.63) is 9.98 Å². The third kappa shape index (κ3) is 2.68. The first-order valence-electron chi connectivity index (χ1n) is 4.87. The fourth-order valence-corrected chi connectivity index (χ4v) is 2.98. The van der Waals surface area contributed by atoms with Gasteiger partial charge >= 0.3 is 0 Å². The molecule has 1 aromatic rings. The van der Waals surface area contributed by atoms with Gasteiger partial charge in [0.1, 0.15) is 4.60 Å². The molecule has 5 heteroatoms. The summed E-state index contributed by atoms with van der Waals surface area (Å²) in [5.41, 5.74) is 5.85. The van der Waals surface area contributed by atoms with Gasteiger partial charge in [-0.05, 0) is 41.6 Å². The van der Waals surface area contributed by atoms with E-state index in [0.717, 1.165) is 22.6 Å². The monoisotopic (exact) mass is 275 g/mol. The van der Waals surface area contributed by atoms with E-state index in [4.69, 9.17) is 5.73 Å². The molecule has 78 valence electrons. The Morgan fingerprint density at radius 2 is 2.14 bits per heavy atom. The topological polar surface area (TPSA) is 50.9 Å². The third-order valence-corrected chi connectivity index (χ3v) is 4.06. The number of rotatable bonds is 2. The Hall–Kier alpha value is -0.130. The van der Waals surface area contributed by atoms with E-state index >= 15 is 0 Å². The van der Waals surface area contributed by atoms with Gasteiger partial charge in [0.05, 0.1) is 0 Å². The van der Waals surface area contributed by atoms with Gasteiger partial charge in [-0.25, -0.2) is 4.98 Å². The molecule has 0 spiro atoms. The van der Waals surface area contributed by atoms with Crippen LogP contribution < -0.4 is 11.1 Å². The van der Waals surface area contributed by atoms with Crippen molar-refractivity contribution in [2.45, 2.75) is 37.8 Å².